The van der Waals surface area contributed by atoms with Gasteiger partial charge < -0.3 is 20.6 Å². The van der Waals surface area contributed by atoms with Gasteiger partial charge in [0.25, 0.3) is 0 Å². The van der Waals surface area contributed by atoms with Crippen molar-refractivity contribution in [3.63, 3.8) is 0 Å². The summed E-state index contributed by atoms with van der Waals surface area (Å²) in [4.78, 5) is 12.5. The van der Waals surface area contributed by atoms with Gasteiger partial charge in [-0.3, -0.25) is 4.79 Å². The lowest BCUT2D eigenvalue weighted by atomic mass is 10.0. The molecule has 3 unspecified atom stereocenters. The number of hydrogen-bond acceptors (Lipinski definition) is 4. The van der Waals surface area contributed by atoms with Crippen LogP contribution in [0.3, 0.4) is 0 Å². The van der Waals surface area contributed by atoms with Crippen LogP contribution in [0.25, 0.3) is 0 Å². The lowest BCUT2D eigenvalue weighted by molar-refractivity contribution is -0.131. The summed E-state index contributed by atoms with van der Waals surface area (Å²) >= 11 is 0. The summed E-state index contributed by atoms with van der Waals surface area (Å²) in [5.74, 6) is -0.471. The molecule has 0 aliphatic carbocycles. The van der Waals surface area contributed by atoms with E-state index in [0.717, 1.165) is 32.1 Å². The molecule has 0 heterocycles. The summed E-state index contributed by atoms with van der Waals surface area (Å²) in [7, 11) is 0. The molecule has 0 saturated carbocycles. The number of carbonyl (C=O) groups is 1. The molecule has 0 fully saturated rings. The van der Waals surface area contributed by atoms with Gasteiger partial charge in [0.1, 0.15) is 6.10 Å². The molecule has 0 aromatic rings. The Morgan fingerprint density at radius 2 is 0.760 bits per heavy atom. The molecular weight excluding hydrogens is 618 g/mol. The van der Waals surface area contributed by atoms with Crippen molar-refractivity contribution in [2.75, 3.05) is 6.61 Å². The highest BCUT2D eigenvalue weighted by Crippen LogP contribution is 2.16. The third kappa shape index (κ3) is 35.5. The van der Waals surface area contributed by atoms with E-state index < -0.39 is 24.2 Å². The number of aliphatic hydroxyl groups is 3. The minimum absolute atomic E-state index is 0.312. The maximum atomic E-state index is 12.5. The van der Waals surface area contributed by atoms with Gasteiger partial charge in [0.05, 0.1) is 18.8 Å². The molecule has 0 aromatic carbocycles. The zero-order chi connectivity index (χ0) is 36.6. The van der Waals surface area contributed by atoms with Gasteiger partial charge in [-0.15, -0.1) is 0 Å². The lowest BCUT2D eigenvalue weighted by Gasteiger charge is -2.23. The van der Waals surface area contributed by atoms with Gasteiger partial charge in [0.2, 0.25) is 5.91 Å². The predicted molar refractivity (Wildman–Crippen MR) is 218 cm³/mol. The summed E-state index contributed by atoms with van der Waals surface area (Å²) in [6, 6.07) is -0.709. The molecular formula is C45H89NO4. The Morgan fingerprint density at radius 3 is 1.10 bits per heavy atom. The van der Waals surface area contributed by atoms with E-state index in [4.69, 9.17) is 0 Å². The van der Waals surface area contributed by atoms with Gasteiger partial charge >= 0.3 is 0 Å². The molecule has 3 atom stereocenters. The van der Waals surface area contributed by atoms with Crippen molar-refractivity contribution >= 4 is 5.91 Å². The standard InChI is InChI=1S/C45H89NO4/c1-3-5-7-9-11-13-15-17-18-19-20-21-22-23-24-25-26-27-28-30-32-34-36-38-40-44(49)45(50)46-42(41-47)43(48)39-37-35-33-31-29-16-14-12-10-8-6-4-2/h23-24,42-44,47-49H,3-22,25-41H2,1-2H3,(H,46,50)/b24-23-. The molecule has 0 rings (SSSR count). The van der Waals surface area contributed by atoms with Crippen molar-refractivity contribution in [1.82, 2.24) is 5.32 Å². The van der Waals surface area contributed by atoms with Crippen molar-refractivity contribution < 1.29 is 20.1 Å². The third-order valence-corrected chi connectivity index (χ3v) is 10.6. The number of nitrogens with one attached hydrogen (secondary N) is 1. The number of allylic oxidation sites excluding steroid dienone is 2. The largest absolute Gasteiger partial charge is 0.394 e. The van der Waals surface area contributed by atoms with Gasteiger partial charge in [-0.2, -0.15) is 0 Å². The second kappa shape index (κ2) is 40.9. The average Bonchev–Trinajstić information content (AvgIpc) is 3.12. The Labute approximate surface area is 312 Å². The van der Waals surface area contributed by atoms with Crippen molar-refractivity contribution in [2.45, 2.75) is 263 Å². The highest BCUT2D eigenvalue weighted by Gasteiger charge is 2.23. The fraction of sp³-hybridized carbons (Fsp3) is 0.933. The van der Waals surface area contributed by atoms with Crippen LogP contribution in [-0.2, 0) is 4.79 Å². The van der Waals surface area contributed by atoms with Gasteiger partial charge in [0.15, 0.2) is 0 Å². The Kier molecular flexibility index (Phi) is 40.1. The molecule has 50 heavy (non-hydrogen) atoms. The molecule has 0 radical (unpaired) electrons. The Hall–Kier alpha value is -0.910. The number of aliphatic hydroxyl groups excluding tert-OH is 3. The third-order valence-electron chi connectivity index (χ3n) is 10.6. The van der Waals surface area contributed by atoms with Gasteiger partial charge in [-0.25, -0.2) is 0 Å². The first kappa shape index (κ1) is 49.1. The molecule has 298 valence electrons. The molecule has 0 bridgehead atoms. The average molecular weight is 708 g/mol. The quantitative estimate of drug-likeness (QED) is 0.0376. The molecule has 0 aromatic heterocycles. The minimum Gasteiger partial charge on any atom is -0.394 e. The number of amides is 1. The molecule has 4 N–H and O–H groups in total. The maximum Gasteiger partial charge on any atom is 0.249 e. The predicted octanol–water partition coefficient (Wildman–Crippen LogP) is 12.8. The monoisotopic (exact) mass is 708 g/mol. The summed E-state index contributed by atoms with van der Waals surface area (Å²) in [5, 5.41) is 33.3. The van der Waals surface area contributed by atoms with Crippen LogP contribution in [0.15, 0.2) is 12.2 Å². The highest BCUT2D eigenvalue weighted by atomic mass is 16.3. The first-order valence-corrected chi connectivity index (χ1v) is 22.5. The Morgan fingerprint density at radius 1 is 0.460 bits per heavy atom. The number of unbranched alkanes of at least 4 members (excludes halogenated alkanes) is 31. The van der Waals surface area contributed by atoms with Crippen molar-refractivity contribution in [3.05, 3.63) is 12.2 Å². The Bertz CT molecular complexity index is 699. The van der Waals surface area contributed by atoms with Crippen molar-refractivity contribution in [2.24, 2.45) is 0 Å². The molecule has 1 amide bonds. The topological polar surface area (TPSA) is 89.8 Å². The van der Waals surface area contributed by atoms with Gasteiger partial charge in [-0.05, 0) is 38.5 Å². The van der Waals surface area contributed by atoms with Crippen LogP contribution in [0.2, 0.25) is 0 Å². The molecule has 0 saturated heterocycles. The van der Waals surface area contributed by atoms with E-state index in [9.17, 15) is 20.1 Å². The smallest absolute Gasteiger partial charge is 0.249 e. The normalized spacial score (nSPS) is 13.6. The SMILES string of the molecule is CCCCCCCCCCCCCC/C=C\CCCCCCCCCCC(O)C(=O)NC(CO)C(O)CCCCCCCCCCCCCC. The zero-order valence-electron chi connectivity index (χ0n) is 33.8. The highest BCUT2D eigenvalue weighted by molar-refractivity contribution is 5.80. The van der Waals surface area contributed by atoms with E-state index >= 15 is 0 Å². The first-order valence-electron chi connectivity index (χ1n) is 22.5. The van der Waals surface area contributed by atoms with Gasteiger partial charge in [0, 0.05) is 0 Å². The van der Waals surface area contributed by atoms with E-state index in [1.807, 2.05) is 0 Å². The van der Waals surface area contributed by atoms with E-state index in [2.05, 4.69) is 31.3 Å². The summed E-state index contributed by atoms with van der Waals surface area (Å²) in [6.07, 6.45) is 47.9. The van der Waals surface area contributed by atoms with Crippen LogP contribution >= 0.6 is 0 Å². The van der Waals surface area contributed by atoms with Crippen LogP contribution in [-0.4, -0.2) is 46.1 Å². The molecule has 5 nitrogen and oxygen atoms in total. The second-order valence-electron chi connectivity index (χ2n) is 15.6. The zero-order valence-corrected chi connectivity index (χ0v) is 33.8. The molecule has 0 spiro atoms. The van der Waals surface area contributed by atoms with Crippen molar-refractivity contribution in [3.8, 4) is 0 Å². The number of carbonyl (C=O) groups excluding carboxylic acids is 1. The molecule has 0 aliphatic rings. The maximum absolute atomic E-state index is 12.5. The van der Waals surface area contributed by atoms with E-state index in [-0.39, 0.29) is 6.61 Å². The van der Waals surface area contributed by atoms with Crippen LogP contribution in [0.5, 0.6) is 0 Å². The van der Waals surface area contributed by atoms with Gasteiger partial charge in [-0.1, -0.05) is 219 Å². The summed E-state index contributed by atoms with van der Waals surface area (Å²) < 4.78 is 0. The van der Waals surface area contributed by atoms with E-state index in [1.165, 1.54) is 186 Å². The first-order chi connectivity index (χ1) is 24.6. The Balaban J connectivity index is 3.57. The van der Waals surface area contributed by atoms with Crippen LogP contribution in [0.1, 0.15) is 245 Å². The fourth-order valence-corrected chi connectivity index (χ4v) is 7.07. The molecule has 5 heteroatoms. The van der Waals surface area contributed by atoms with Crippen LogP contribution in [0.4, 0.5) is 0 Å². The van der Waals surface area contributed by atoms with Crippen molar-refractivity contribution in [1.29, 1.82) is 0 Å². The van der Waals surface area contributed by atoms with E-state index in [1.54, 1.807) is 0 Å². The van der Waals surface area contributed by atoms with E-state index in [0.29, 0.717) is 12.8 Å². The fourth-order valence-electron chi connectivity index (χ4n) is 7.07. The van der Waals surface area contributed by atoms with Crippen LogP contribution < -0.4 is 5.32 Å². The summed E-state index contributed by atoms with van der Waals surface area (Å²) in [6.45, 7) is 4.23. The second-order valence-corrected chi connectivity index (χ2v) is 15.6. The number of hydrogen-bond donors (Lipinski definition) is 4. The minimum atomic E-state index is -1.07. The molecule has 0 aliphatic heterocycles. The lowest BCUT2D eigenvalue weighted by Crippen LogP contribution is -2.49. The number of rotatable bonds is 41. The van der Waals surface area contributed by atoms with Crippen LogP contribution in [0, 0.1) is 0 Å². The summed E-state index contributed by atoms with van der Waals surface area (Å²) in [5.41, 5.74) is 0.